The van der Waals surface area contributed by atoms with Gasteiger partial charge in [0.25, 0.3) is 0 Å². The number of methoxy groups -OCH3 is 1. The maximum Gasteiger partial charge on any atom is 0.195 e. The zero-order valence-electron chi connectivity index (χ0n) is 17.1. The fourth-order valence-corrected chi connectivity index (χ4v) is 4.32. The second-order valence-corrected chi connectivity index (χ2v) is 7.49. The summed E-state index contributed by atoms with van der Waals surface area (Å²) in [5, 5.41) is 18.5. The largest absolute Gasteiger partial charge is 0.497 e. The highest BCUT2D eigenvalue weighted by atomic mass is 32.1. The number of rotatable bonds is 7. The van der Waals surface area contributed by atoms with Crippen LogP contribution in [0.25, 0.3) is 20.7 Å². The molecule has 0 aliphatic rings. The highest BCUT2D eigenvalue weighted by Crippen LogP contribution is 2.43. The molecule has 0 saturated carbocycles. The number of ether oxygens (including phenoxy) is 2. The Morgan fingerprint density at radius 1 is 1.13 bits per heavy atom. The quantitative estimate of drug-likeness (QED) is 0.340. The van der Waals surface area contributed by atoms with Gasteiger partial charge in [-0.15, -0.1) is 16.5 Å². The van der Waals surface area contributed by atoms with Crippen LogP contribution in [0.15, 0.2) is 65.1 Å². The lowest BCUT2D eigenvalue weighted by Gasteiger charge is -2.08. The number of hydrogen-bond acceptors (Lipinski definition) is 8. The fourth-order valence-electron chi connectivity index (χ4n) is 3.15. The molecule has 2 aromatic heterocycles. The molecule has 0 N–H and O–H groups in total. The van der Waals surface area contributed by atoms with Gasteiger partial charge < -0.3 is 9.47 Å². The first-order valence-electron chi connectivity index (χ1n) is 9.65. The number of nitrogens with zero attached hydrogens (tertiary/aromatic N) is 5. The average Bonchev–Trinajstić information content (AvgIpc) is 3.19. The van der Waals surface area contributed by atoms with Crippen molar-refractivity contribution < 1.29 is 9.47 Å². The molecular weight excluding hydrogens is 410 g/mol. The summed E-state index contributed by atoms with van der Waals surface area (Å²) in [6, 6.07) is 17.6. The molecule has 2 heterocycles. The Balaban J connectivity index is 1.73. The fraction of sp³-hybridized carbons (Fsp3) is 0.174. The van der Waals surface area contributed by atoms with E-state index in [1.165, 1.54) is 17.7 Å². The number of benzene rings is 2. The number of nitriles is 1. The van der Waals surface area contributed by atoms with E-state index in [9.17, 15) is 5.26 Å². The lowest BCUT2D eigenvalue weighted by molar-refractivity contribution is 0.341. The summed E-state index contributed by atoms with van der Waals surface area (Å²) in [4.78, 5) is 9.41. The maximum atomic E-state index is 9.84. The van der Waals surface area contributed by atoms with E-state index in [4.69, 9.17) is 9.47 Å². The first kappa shape index (κ1) is 20.4. The Hall–Kier alpha value is -3.83. The number of para-hydroxylation sites is 1. The van der Waals surface area contributed by atoms with Crippen molar-refractivity contribution in [1.82, 2.24) is 9.97 Å². The first-order chi connectivity index (χ1) is 15.2. The summed E-state index contributed by atoms with van der Waals surface area (Å²) < 4.78 is 11.7. The molecule has 0 atom stereocenters. The van der Waals surface area contributed by atoms with Crippen LogP contribution in [0.5, 0.6) is 11.5 Å². The van der Waals surface area contributed by atoms with Crippen LogP contribution in [0.4, 0.5) is 5.82 Å². The summed E-state index contributed by atoms with van der Waals surface area (Å²) >= 11 is 1.42. The van der Waals surface area contributed by atoms with Gasteiger partial charge in [-0.2, -0.15) is 10.4 Å². The second kappa shape index (κ2) is 9.32. The van der Waals surface area contributed by atoms with Crippen LogP contribution in [0.3, 0.4) is 0 Å². The summed E-state index contributed by atoms with van der Waals surface area (Å²) in [7, 11) is 1.63. The number of azo groups is 1. The lowest BCUT2D eigenvalue weighted by Crippen LogP contribution is -1.93. The molecule has 0 aliphatic carbocycles. The maximum absolute atomic E-state index is 9.84. The minimum absolute atomic E-state index is 0.388. The van der Waals surface area contributed by atoms with Gasteiger partial charge in [-0.1, -0.05) is 24.3 Å². The Morgan fingerprint density at radius 2 is 2.00 bits per heavy atom. The van der Waals surface area contributed by atoms with E-state index in [2.05, 4.69) is 26.3 Å². The van der Waals surface area contributed by atoms with E-state index in [-0.39, 0.29) is 0 Å². The highest BCUT2D eigenvalue weighted by Gasteiger charge is 2.20. The van der Waals surface area contributed by atoms with Crippen LogP contribution in [-0.4, -0.2) is 23.7 Å². The normalized spacial score (nSPS) is 11.0. The molecule has 0 fully saturated rings. The monoisotopic (exact) mass is 429 g/mol. The van der Waals surface area contributed by atoms with Gasteiger partial charge in [0.1, 0.15) is 34.1 Å². The van der Waals surface area contributed by atoms with Crippen molar-refractivity contribution in [1.29, 1.82) is 5.26 Å². The molecular formula is C23H19N5O2S. The van der Waals surface area contributed by atoms with Gasteiger partial charge in [-0.05, 0) is 36.8 Å². The molecule has 4 aromatic rings. The molecule has 0 unspecified atom stereocenters. The predicted octanol–water partition coefficient (Wildman–Crippen LogP) is 5.92. The molecule has 0 bridgehead atoms. The van der Waals surface area contributed by atoms with E-state index >= 15 is 0 Å². The van der Waals surface area contributed by atoms with Crippen LogP contribution in [-0.2, 0) is 6.54 Å². The minimum Gasteiger partial charge on any atom is -0.497 e. The highest BCUT2D eigenvalue weighted by molar-refractivity contribution is 7.23. The molecule has 0 radical (unpaired) electrons. The average molecular weight is 430 g/mol. The van der Waals surface area contributed by atoms with Crippen molar-refractivity contribution in [2.24, 2.45) is 10.2 Å². The topological polar surface area (TPSA) is 92.8 Å². The van der Waals surface area contributed by atoms with E-state index in [1.807, 2.05) is 55.5 Å². The smallest absolute Gasteiger partial charge is 0.195 e. The van der Waals surface area contributed by atoms with Gasteiger partial charge >= 0.3 is 0 Å². The molecule has 0 aliphatic heterocycles. The zero-order chi connectivity index (χ0) is 21.6. The number of hydrogen-bond donors (Lipinski definition) is 0. The molecule has 7 nitrogen and oxygen atoms in total. The van der Waals surface area contributed by atoms with E-state index in [0.29, 0.717) is 30.0 Å². The van der Waals surface area contributed by atoms with E-state index < -0.39 is 0 Å². The summed E-state index contributed by atoms with van der Waals surface area (Å²) in [5.74, 6) is 1.93. The third-order valence-corrected chi connectivity index (χ3v) is 5.76. The van der Waals surface area contributed by atoms with Crippen LogP contribution >= 0.6 is 11.3 Å². The van der Waals surface area contributed by atoms with Crippen molar-refractivity contribution in [2.75, 3.05) is 13.7 Å². The van der Waals surface area contributed by atoms with Crippen molar-refractivity contribution in [3.8, 4) is 28.0 Å². The second-order valence-electron chi connectivity index (χ2n) is 6.47. The molecule has 31 heavy (non-hydrogen) atoms. The molecule has 0 spiro atoms. The SMILES string of the molecule is CCOc1ccccc1-c1sc2c(N=NCc3cccc(OC)c3)ncnc2c1C#N. The molecule has 0 saturated heterocycles. The molecule has 0 amide bonds. The third-order valence-electron chi connectivity index (χ3n) is 4.55. The minimum atomic E-state index is 0.388. The van der Waals surface area contributed by atoms with Gasteiger partial charge in [0.15, 0.2) is 5.82 Å². The molecule has 4 rings (SSSR count). The standard InChI is InChI=1S/C23H19N5O2S/c1-3-30-19-10-5-4-9-17(19)21-18(12-24)20-22(31-21)23(26-14-25-20)28-27-13-15-7-6-8-16(11-15)29-2/h4-11,14H,3,13H2,1-2H3. The number of thiophene rings is 1. The lowest BCUT2D eigenvalue weighted by atomic mass is 10.1. The molecule has 154 valence electrons. The molecule has 8 heteroatoms. The van der Waals surface area contributed by atoms with E-state index in [1.54, 1.807) is 7.11 Å². The number of fused-ring (bicyclic) bond motifs is 1. The van der Waals surface area contributed by atoms with Crippen molar-refractivity contribution in [3.63, 3.8) is 0 Å². The predicted molar refractivity (Wildman–Crippen MR) is 120 cm³/mol. The van der Waals surface area contributed by atoms with Crippen molar-refractivity contribution in [2.45, 2.75) is 13.5 Å². The van der Waals surface area contributed by atoms with Crippen LogP contribution in [0.1, 0.15) is 18.1 Å². The van der Waals surface area contributed by atoms with Crippen molar-refractivity contribution in [3.05, 3.63) is 66.0 Å². The van der Waals surface area contributed by atoms with Crippen molar-refractivity contribution >= 4 is 27.4 Å². The summed E-state index contributed by atoms with van der Waals surface area (Å²) in [6.45, 7) is 2.85. The molecule has 2 aromatic carbocycles. The Morgan fingerprint density at radius 3 is 2.81 bits per heavy atom. The van der Waals surface area contributed by atoms with Gasteiger partial charge in [-0.25, -0.2) is 9.97 Å². The van der Waals surface area contributed by atoms with Crippen LogP contribution in [0, 0.1) is 11.3 Å². The summed E-state index contributed by atoms with van der Waals surface area (Å²) in [5.41, 5.74) is 2.88. The Labute approximate surface area is 183 Å². The van der Waals surface area contributed by atoms with Gasteiger partial charge in [0, 0.05) is 5.56 Å². The number of aromatic nitrogens is 2. The zero-order valence-corrected chi connectivity index (χ0v) is 17.9. The third kappa shape index (κ3) is 4.22. The van der Waals surface area contributed by atoms with Gasteiger partial charge in [0.05, 0.1) is 30.7 Å². The Bertz CT molecular complexity index is 1290. The van der Waals surface area contributed by atoms with Gasteiger partial charge in [-0.3, -0.25) is 0 Å². The van der Waals surface area contributed by atoms with Crippen LogP contribution < -0.4 is 9.47 Å². The van der Waals surface area contributed by atoms with Crippen LogP contribution in [0.2, 0.25) is 0 Å². The summed E-state index contributed by atoms with van der Waals surface area (Å²) in [6.07, 6.45) is 1.41. The van der Waals surface area contributed by atoms with E-state index in [0.717, 1.165) is 32.2 Å². The Kier molecular flexibility index (Phi) is 6.15. The van der Waals surface area contributed by atoms with Gasteiger partial charge in [0.2, 0.25) is 0 Å². The first-order valence-corrected chi connectivity index (χ1v) is 10.5.